The summed E-state index contributed by atoms with van der Waals surface area (Å²) in [5, 5.41) is 0. The molecule has 3 heterocycles. The van der Waals surface area contributed by atoms with E-state index in [2.05, 4.69) is 14.9 Å². The fourth-order valence-corrected chi connectivity index (χ4v) is 4.59. The highest BCUT2D eigenvalue weighted by Gasteiger charge is 2.42. The Labute approximate surface area is 161 Å². The molecule has 1 saturated carbocycles. The van der Waals surface area contributed by atoms with Crippen molar-refractivity contribution in [2.45, 2.75) is 64.8 Å². The third-order valence-electron chi connectivity index (χ3n) is 6.41. The molecule has 0 N–H and O–H groups in total. The lowest BCUT2D eigenvalue weighted by molar-refractivity contribution is -0.143. The predicted molar refractivity (Wildman–Crippen MR) is 102 cm³/mol. The number of hydrogen-bond donors (Lipinski definition) is 0. The number of piperidine rings is 2. The third-order valence-corrected chi connectivity index (χ3v) is 6.41. The Morgan fingerprint density at radius 2 is 2.07 bits per heavy atom. The van der Waals surface area contributed by atoms with Crippen LogP contribution in [-0.2, 0) is 16.1 Å². The van der Waals surface area contributed by atoms with Gasteiger partial charge in [0, 0.05) is 44.1 Å². The van der Waals surface area contributed by atoms with Gasteiger partial charge in [0.2, 0.25) is 11.8 Å². The Morgan fingerprint density at radius 1 is 1.22 bits per heavy atom. The van der Waals surface area contributed by atoms with E-state index in [1.54, 1.807) is 12.4 Å². The summed E-state index contributed by atoms with van der Waals surface area (Å²) >= 11 is 0. The summed E-state index contributed by atoms with van der Waals surface area (Å²) in [6.45, 7) is 4.84. The fourth-order valence-electron chi connectivity index (χ4n) is 4.59. The quantitative estimate of drug-likeness (QED) is 0.799. The van der Waals surface area contributed by atoms with E-state index in [1.807, 2.05) is 11.8 Å². The Kier molecular flexibility index (Phi) is 5.15. The van der Waals surface area contributed by atoms with E-state index in [9.17, 15) is 9.59 Å². The van der Waals surface area contributed by atoms with Crippen molar-refractivity contribution in [3.63, 3.8) is 0 Å². The molecular formula is C21H30N4O2. The standard InChI is InChI=1S/C21H30N4O2/c1-16-11-23-18(12-22-16)13-25-15-21(9-7-20(25)27)8-2-10-24(14-21)19(26)6-5-17-3-4-17/h11-12,17H,2-10,13-15H2,1H3/t21-/m0/s1. The first-order valence-corrected chi connectivity index (χ1v) is 10.4. The molecule has 0 unspecified atom stereocenters. The van der Waals surface area contributed by atoms with Gasteiger partial charge < -0.3 is 9.80 Å². The van der Waals surface area contributed by atoms with Crippen molar-refractivity contribution in [3.05, 3.63) is 23.8 Å². The third kappa shape index (κ3) is 4.47. The van der Waals surface area contributed by atoms with Gasteiger partial charge in [0.05, 0.1) is 24.1 Å². The maximum absolute atomic E-state index is 12.7. The van der Waals surface area contributed by atoms with Gasteiger partial charge in [-0.3, -0.25) is 19.6 Å². The van der Waals surface area contributed by atoms with Gasteiger partial charge in [0.25, 0.3) is 0 Å². The molecule has 1 atom stereocenters. The monoisotopic (exact) mass is 370 g/mol. The number of aromatic nitrogens is 2. The number of amides is 2. The number of rotatable bonds is 5. The Bertz CT molecular complexity index is 701. The van der Waals surface area contributed by atoms with E-state index in [1.165, 1.54) is 12.8 Å². The number of aryl methyl sites for hydroxylation is 1. The van der Waals surface area contributed by atoms with E-state index >= 15 is 0 Å². The van der Waals surface area contributed by atoms with Gasteiger partial charge in [-0.25, -0.2) is 0 Å². The molecule has 0 aromatic carbocycles. The zero-order chi connectivity index (χ0) is 18.9. The molecule has 6 nitrogen and oxygen atoms in total. The highest BCUT2D eigenvalue weighted by atomic mass is 16.2. The van der Waals surface area contributed by atoms with E-state index < -0.39 is 0 Å². The van der Waals surface area contributed by atoms with Crippen LogP contribution >= 0.6 is 0 Å². The molecule has 6 heteroatoms. The second kappa shape index (κ2) is 7.56. The number of carbonyl (C=O) groups excluding carboxylic acids is 2. The van der Waals surface area contributed by atoms with Gasteiger partial charge in [-0.1, -0.05) is 12.8 Å². The van der Waals surface area contributed by atoms with Crippen LogP contribution in [-0.4, -0.2) is 51.2 Å². The smallest absolute Gasteiger partial charge is 0.222 e. The molecule has 2 aliphatic heterocycles. The van der Waals surface area contributed by atoms with Crippen LogP contribution in [0.3, 0.4) is 0 Å². The average molecular weight is 370 g/mol. The minimum absolute atomic E-state index is 0.0551. The van der Waals surface area contributed by atoms with E-state index in [4.69, 9.17) is 0 Å². The van der Waals surface area contributed by atoms with Gasteiger partial charge in [0.15, 0.2) is 0 Å². The molecule has 4 rings (SSSR count). The highest BCUT2D eigenvalue weighted by molar-refractivity contribution is 5.78. The van der Waals surface area contributed by atoms with Crippen molar-refractivity contribution < 1.29 is 9.59 Å². The molecule has 1 aromatic heterocycles. The van der Waals surface area contributed by atoms with Gasteiger partial charge in [0.1, 0.15) is 0 Å². The first-order chi connectivity index (χ1) is 13.0. The van der Waals surface area contributed by atoms with Crippen LogP contribution in [0.4, 0.5) is 0 Å². The SMILES string of the molecule is Cc1cnc(CN2C[C@@]3(CCCN(C(=O)CCC4CC4)C3)CCC2=O)cn1. The average Bonchev–Trinajstić information content (AvgIpc) is 3.49. The summed E-state index contributed by atoms with van der Waals surface area (Å²) in [5.74, 6) is 1.31. The number of likely N-dealkylation sites (tertiary alicyclic amines) is 2. The van der Waals surface area contributed by atoms with Crippen LogP contribution in [0.15, 0.2) is 12.4 Å². The normalized spacial score (nSPS) is 25.9. The maximum Gasteiger partial charge on any atom is 0.222 e. The van der Waals surface area contributed by atoms with Gasteiger partial charge in [-0.05, 0) is 38.5 Å². The molecule has 3 fully saturated rings. The predicted octanol–water partition coefficient (Wildman–Crippen LogP) is 2.71. The lowest BCUT2D eigenvalue weighted by atomic mass is 9.73. The Hall–Kier alpha value is -1.98. The fraction of sp³-hybridized carbons (Fsp3) is 0.714. The second-order valence-electron chi connectivity index (χ2n) is 8.80. The van der Waals surface area contributed by atoms with Crippen molar-refractivity contribution in [2.75, 3.05) is 19.6 Å². The molecule has 1 aliphatic carbocycles. The maximum atomic E-state index is 12.7. The topological polar surface area (TPSA) is 66.4 Å². The first kappa shape index (κ1) is 18.4. The minimum Gasteiger partial charge on any atom is -0.342 e. The zero-order valence-corrected chi connectivity index (χ0v) is 16.3. The van der Waals surface area contributed by atoms with Gasteiger partial charge in [-0.2, -0.15) is 0 Å². The number of nitrogens with zero attached hydrogens (tertiary/aromatic N) is 4. The van der Waals surface area contributed by atoms with Crippen LogP contribution in [0.25, 0.3) is 0 Å². The summed E-state index contributed by atoms with van der Waals surface area (Å²) in [4.78, 5) is 37.9. The largest absolute Gasteiger partial charge is 0.342 e. The van der Waals surface area contributed by atoms with Crippen molar-refractivity contribution in [3.8, 4) is 0 Å². The van der Waals surface area contributed by atoms with Crippen LogP contribution in [0.2, 0.25) is 0 Å². The molecule has 0 radical (unpaired) electrons. The van der Waals surface area contributed by atoms with Crippen LogP contribution < -0.4 is 0 Å². The summed E-state index contributed by atoms with van der Waals surface area (Å²) in [6, 6.07) is 0. The Morgan fingerprint density at radius 3 is 2.81 bits per heavy atom. The summed E-state index contributed by atoms with van der Waals surface area (Å²) < 4.78 is 0. The molecule has 146 valence electrons. The van der Waals surface area contributed by atoms with Crippen LogP contribution in [0, 0.1) is 18.3 Å². The zero-order valence-electron chi connectivity index (χ0n) is 16.3. The summed E-state index contributed by atoms with van der Waals surface area (Å²) in [5.41, 5.74) is 1.77. The molecule has 27 heavy (non-hydrogen) atoms. The second-order valence-corrected chi connectivity index (χ2v) is 8.80. The number of carbonyl (C=O) groups is 2. The molecule has 0 bridgehead atoms. The highest BCUT2D eigenvalue weighted by Crippen LogP contribution is 2.40. The Balaban J connectivity index is 1.39. The molecule has 2 amide bonds. The van der Waals surface area contributed by atoms with Crippen molar-refractivity contribution >= 4 is 11.8 Å². The van der Waals surface area contributed by atoms with Crippen molar-refractivity contribution in [2.24, 2.45) is 11.3 Å². The molecule has 1 spiro atoms. The van der Waals surface area contributed by atoms with Crippen molar-refractivity contribution in [1.29, 1.82) is 0 Å². The molecule has 1 aromatic rings. The molecule has 2 saturated heterocycles. The summed E-state index contributed by atoms with van der Waals surface area (Å²) in [7, 11) is 0. The number of hydrogen-bond acceptors (Lipinski definition) is 4. The lowest BCUT2D eigenvalue weighted by Gasteiger charge is -2.48. The first-order valence-electron chi connectivity index (χ1n) is 10.4. The van der Waals surface area contributed by atoms with Crippen LogP contribution in [0.5, 0.6) is 0 Å². The molecular weight excluding hydrogens is 340 g/mol. The van der Waals surface area contributed by atoms with Gasteiger partial charge in [-0.15, -0.1) is 0 Å². The minimum atomic E-state index is 0.0551. The van der Waals surface area contributed by atoms with E-state index in [-0.39, 0.29) is 11.3 Å². The van der Waals surface area contributed by atoms with Gasteiger partial charge >= 0.3 is 0 Å². The van der Waals surface area contributed by atoms with Crippen LogP contribution in [0.1, 0.15) is 62.8 Å². The van der Waals surface area contributed by atoms with E-state index in [0.717, 1.165) is 62.6 Å². The van der Waals surface area contributed by atoms with E-state index in [0.29, 0.717) is 25.3 Å². The molecule has 3 aliphatic rings. The lowest BCUT2D eigenvalue weighted by Crippen LogP contribution is -2.54. The van der Waals surface area contributed by atoms with Crippen molar-refractivity contribution in [1.82, 2.24) is 19.8 Å². The summed E-state index contributed by atoms with van der Waals surface area (Å²) in [6.07, 6.45) is 11.5.